The predicted octanol–water partition coefficient (Wildman–Crippen LogP) is 3.81. The molecule has 0 spiro atoms. The number of primary amides is 1. The zero-order valence-electron chi connectivity index (χ0n) is 15.5. The first-order valence-electron chi connectivity index (χ1n) is 9.59. The second-order valence-electron chi connectivity index (χ2n) is 7.24. The molecule has 0 aromatic heterocycles. The molecular formula is C22H27N3O2. The van der Waals surface area contributed by atoms with Crippen LogP contribution < -0.4 is 16.4 Å². The van der Waals surface area contributed by atoms with Gasteiger partial charge in [-0.1, -0.05) is 55.3 Å². The van der Waals surface area contributed by atoms with E-state index < -0.39 is 0 Å². The van der Waals surface area contributed by atoms with Crippen LogP contribution in [0.3, 0.4) is 0 Å². The third-order valence-electron chi connectivity index (χ3n) is 5.24. The Morgan fingerprint density at radius 2 is 1.78 bits per heavy atom. The average molecular weight is 365 g/mol. The molecule has 142 valence electrons. The Kier molecular flexibility index (Phi) is 6.47. The maximum Gasteiger partial charge on any atom is 0.319 e. The number of benzene rings is 2. The minimum absolute atomic E-state index is 0.162. The van der Waals surface area contributed by atoms with Crippen LogP contribution in [0.5, 0.6) is 0 Å². The predicted molar refractivity (Wildman–Crippen MR) is 108 cm³/mol. The first-order valence-corrected chi connectivity index (χ1v) is 9.59. The number of amides is 3. The highest BCUT2D eigenvalue weighted by Gasteiger charge is 2.26. The van der Waals surface area contributed by atoms with Crippen LogP contribution in [-0.4, -0.2) is 18.5 Å². The van der Waals surface area contributed by atoms with Crippen LogP contribution in [0.1, 0.15) is 42.7 Å². The summed E-state index contributed by atoms with van der Waals surface area (Å²) in [6.45, 7) is 0.613. The van der Waals surface area contributed by atoms with Crippen molar-refractivity contribution in [2.75, 3.05) is 11.9 Å². The molecule has 1 atom stereocenters. The molecule has 0 bridgehead atoms. The first-order chi connectivity index (χ1) is 13.1. The molecule has 1 saturated carbocycles. The molecule has 0 aliphatic heterocycles. The Morgan fingerprint density at radius 3 is 2.48 bits per heavy atom. The molecule has 2 aromatic carbocycles. The Hall–Kier alpha value is -2.82. The average Bonchev–Trinajstić information content (AvgIpc) is 3.17. The molecule has 5 heteroatoms. The maximum atomic E-state index is 12.4. The Balaban J connectivity index is 1.60. The van der Waals surface area contributed by atoms with Crippen molar-refractivity contribution in [3.63, 3.8) is 0 Å². The highest BCUT2D eigenvalue weighted by Crippen LogP contribution is 2.36. The van der Waals surface area contributed by atoms with Gasteiger partial charge in [0.2, 0.25) is 5.91 Å². The van der Waals surface area contributed by atoms with Crippen molar-refractivity contribution in [1.82, 2.24) is 5.32 Å². The number of nitrogens with two attached hydrogens (primary N) is 1. The van der Waals surface area contributed by atoms with Gasteiger partial charge in [-0.2, -0.15) is 0 Å². The molecule has 3 rings (SSSR count). The van der Waals surface area contributed by atoms with Gasteiger partial charge >= 0.3 is 6.03 Å². The summed E-state index contributed by atoms with van der Waals surface area (Å²) in [6, 6.07) is 17.4. The highest BCUT2D eigenvalue weighted by molar-refractivity contribution is 5.89. The lowest BCUT2D eigenvalue weighted by molar-refractivity contribution is -0.117. The van der Waals surface area contributed by atoms with E-state index in [4.69, 9.17) is 5.73 Å². The number of rotatable bonds is 7. The molecule has 3 amide bonds. The molecular weight excluding hydrogens is 338 g/mol. The fourth-order valence-electron chi connectivity index (χ4n) is 3.95. The van der Waals surface area contributed by atoms with Crippen LogP contribution >= 0.6 is 0 Å². The Labute approximate surface area is 160 Å². The van der Waals surface area contributed by atoms with Gasteiger partial charge in [-0.25, -0.2) is 4.79 Å². The molecule has 1 unspecified atom stereocenters. The van der Waals surface area contributed by atoms with E-state index in [0.717, 1.165) is 5.56 Å². The first kappa shape index (κ1) is 19.0. The van der Waals surface area contributed by atoms with Gasteiger partial charge in [-0.05, 0) is 42.0 Å². The number of urea groups is 1. The number of hydrogen-bond donors (Lipinski definition) is 3. The van der Waals surface area contributed by atoms with E-state index in [1.54, 1.807) is 18.2 Å². The minimum Gasteiger partial charge on any atom is -0.369 e. The third kappa shape index (κ3) is 5.58. The van der Waals surface area contributed by atoms with Crippen LogP contribution in [-0.2, 0) is 11.2 Å². The molecule has 1 aliphatic carbocycles. The van der Waals surface area contributed by atoms with Gasteiger partial charge in [-0.3, -0.25) is 4.79 Å². The van der Waals surface area contributed by atoms with Crippen molar-refractivity contribution in [2.45, 2.75) is 38.0 Å². The van der Waals surface area contributed by atoms with E-state index >= 15 is 0 Å². The molecule has 4 N–H and O–H groups in total. The molecule has 1 fully saturated rings. The summed E-state index contributed by atoms with van der Waals surface area (Å²) in [5.41, 5.74) is 7.96. The van der Waals surface area contributed by atoms with Gasteiger partial charge in [0.25, 0.3) is 0 Å². The number of carbonyl (C=O) groups is 2. The molecule has 0 heterocycles. The Morgan fingerprint density at radius 1 is 1.04 bits per heavy atom. The molecule has 5 nitrogen and oxygen atoms in total. The van der Waals surface area contributed by atoms with E-state index in [1.165, 1.54) is 31.2 Å². The summed E-state index contributed by atoms with van der Waals surface area (Å²) >= 11 is 0. The lowest BCUT2D eigenvalue weighted by Crippen LogP contribution is -2.34. The fraction of sp³-hybridized carbons (Fsp3) is 0.364. The molecule has 2 aromatic rings. The van der Waals surface area contributed by atoms with Crippen molar-refractivity contribution in [3.8, 4) is 0 Å². The van der Waals surface area contributed by atoms with Gasteiger partial charge in [-0.15, -0.1) is 0 Å². The SMILES string of the molecule is NC(=O)Cc1cccc(NC(=O)NCC(c2ccccc2)C2CCCC2)c1. The van der Waals surface area contributed by atoms with E-state index in [-0.39, 0.29) is 18.4 Å². The molecule has 1 aliphatic rings. The Bertz CT molecular complexity index is 770. The fourth-order valence-corrected chi connectivity index (χ4v) is 3.95. The van der Waals surface area contributed by atoms with Gasteiger partial charge in [0.15, 0.2) is 0 Å². The summed E-state index contributed by atoms with van der Waals surface area (Å²) in [5.74, 6) is 0.561. The van der Waals surface area contributed by atoms with Crippen LogP contribution in [0.2, 0.25) is 0 Å². The summed E-state index contributed by atoms with van der Waals surface area (Å²) in [5, 5.41) is 5.88. The molecule has 0 radical (unpaired) electrons. The molecule has 0 saturated heterocycles. The van der Waals surface area contributed by atoms with Crippen molar-refractivity contribution >= 4 is 17.6 Å². The van der Waals surface area contributed by atoms with Crippen LogP contribution in [0.25, 0.3) is 0 Å². The van der Waals surface area contributed by atoms with Crippen molar-refractivity contribution in [2.24, 2.45) is 11.7 Å². The van der Waals surface area contributed by atoms with Gasteiger partial charge in [0, 0.05) is 18.2 Å². The second-order valence-corrected chi connectivity index (χ2v) is 7.24. The standard InChI is InChI=1S/C22H27N3O2/c23-21(26)14-16-7-6-12-19(13-16)25-22(27)24-15-20(18-10-4-5-11-18)17-8-2-1-3-9-17/h1-3,6-9,12-13,18,20H,4-5,10-11,14-15H2,(H2,23,26)(H2,24,25,27). The van der Waals surface area contributed by atoms with Gasteiger partial charge in [0.05, 0.1) is 6.42 Å². The van der Waals surface area contributed by atoms with E-state index in [9.17, 15) is 9.59 Å². The summed E-state index contributed by atoms with van der Waals surface area (Å²) < 4.78 is 0. The summed E-state index contributed by atoms with van der Waals surface area (Å²) in [7, 11) is 0. The topological polar surface area (TPSA) is 84.2 Å². The third-order valence-corrected chi connectivity index (χ3v) is 5.24. The van der Waals surface area contributed by atoms with Gasteiger partial charge < -0.3 is 16.4 Å². The van der Waals surface area contributed by atoms with E-state index in [0.29, 0.717) is 24.1 Å². The zero-order valence-corrected chi connectivity index (χ0v) is 15.5. The normalized spacial score (nSPS) is 15.3. The lowest BCUT2D eigenvalue weighted by Gasteiger charge is -2.24. The van der Waals surface area contributed by atoms with Gasteiger partial charge in [0.1, 0.15) is 0 Å². The minimum atomic E-state index is -0.390. The van der Waals surface area contributed by atoms with Crippen LogP contribution in [0, 0.1) is 5.92 Å². The smallest absolute Gasteiger partial charge is 0.319 e. The number of nitrogens with one attached hydrogen (secondary N) is 2. The monoisotopic (exact) mass is 365 g/mol. The van der Waals surface area contributed by atoms with E-state index in [2.05, 4.69) is 34.9 Å². The van der Waals surface area contributed by atoms with Crippen molar-refractivity contribution in [1.29, 1.82) is 0 Å². The van der Waals surface area contributed by atoms with Crippen LogP contribution in [0.4, 0.5) is 10.5 Å². The lowest BCUT2D eigenvalue weighted by atomic mass is 9.85. The largest absolute Gasteiger partial charge is 0.369 e. The summed E-state index contributed by atoms with van der Waals surface area (Å²) in [4.78, 5) is 23.4. The van der Waals surface area contributed by atoms with Crippen LogP contribution in [0.15, 0.2) is 54.6 Å². The van der Waals surface area contributed by atoms with Crippen molar-refractivity contribution in [3.05, 3.63) is 65.7 Å². The second kappa shape index (κ2) is 9.21. The van der Waals surface area contributed by atoms with E-state index in [1.807, 2.05) is 12.1 Å². The van der Waals surface area contributed by atoms with Crippen molar-refractivity contribution < 1.29 is 9.59 Å². The molecule has 27 heavy (non-hydrogen) atoms. The number of carbonyl (C=O) groups excluding carboxylic acids is 2. The number of hydrogen-bond acceptors (Lipinski definition) is 2. The number of anilines is 1. The maximum absolute atomic E-state index is 12.4. The zero-order chi connectivity index (χ0) is 19.1. The quantitative estimate of drug-likeness (QED) is 0.697. The summed E-state index contributed by atoms with van der Waals surface area (Å²) in [6.07, 6.45) is 5.14. The highest BCUT2D eigenvalue weighted by atomic mass is 16.2.